The maximum absolute atomic E-state index is 12.2. The average Bonchev–Trinajstić information content (AvgIpc) is 2.26. The summed E-state index contributed by atoms with van der Waals surface area (Å²) in [5, 5.41) is 0. The predicted octanol–water partition coefficient (Wildman–Crippen LogP) is 4.03. The number of ether oxygens (including phenoxy) is 1. The van der Waals surface area contributed by atoms with Crippen LogP contribution in [0.1, 0.15) is 17.3 Å². The monoisotopic (exact) mass is 324 g/mol. The molecule has 0 bridgehead atoms. The second-order valence-corrected chi connectivity index (χ2v) is 4.96. The van der Waals surface area contributed by atoms with E-state index < -0.39 is 11.4 Å². The Labute approximate surface area is 111 Å². The number of hydrogen-bond acceptors (Lipinski definition) is 3. The Morgan fingerprint density at radius 2 is 2.12 bits per heavy atom. The number of carbonyl (C=O) groups is 1. The highest BCUT2D eigenvalue weighted by Gasteiger charge is 2.20. The van der Waals surface area contributed by atoms with Gasteiger partial charge < -0.3 is 4.74 Å². The quantitative estimate of drug-likeness (QED) is 0.604. The lowest BCUT2D eigenvalue weighted by Gasteiger charge is -2.15. The summed E-state index contributed by atoms with van der Waals surface area (Å²) in [5.41, 5.74) is 0.642. The molecular formula is C11H11BrF2O2S. The van der Waals surface area contributed by atoms with Gasteiger partial charge in [-0.3, -0.25) is 4.79 Å². The van der Waals surface area contributed by atoms with Crippen molar-refractivity contribution < 1.29 is 18.3 Å². The first-order valence-corrected chi connectivity index (χ1v) is 6.87. The van der Waals surface area contributed by atoms with Crippen molar-refractivity contribution >= 4 is 33.5 Å². The lowest BCUT2D eigenvalue weighted by Crippen LogP contribution is -2.07. The fraction of sp³-hybridized carbons (Fsp3) is 0.364. The van der Waals surface area contributed by atoms with Crippen molar-refractivity contribution in [1.29, 1.82) is 0 Å². The Balaban J connectivity index is 3.18. The third-order valence-electron chi connectivity index (χ3n) is 2.06. The lowest BCUT2D eigenvalue weighted by molar-refractivity contribution is -0.116. The van der Waals surface area contributed by atoms with E-state index in [1.54, 1.807) is 18.4 Å². The molecule has 17 heavy (non-hydrogen) atoms. The molecule has 0 radical (unpaired) electrons. The minimum atomic E-state index is -2.87. The SMILES string of the molecule is CSc1c(OC(F)F)cccc1C(Br)C(C)=O. The second kappa shape index (κ2) is 6.35. The van der Waals surface area contributed by atoms with E-state index in [2.05, 4.69) is 20.7 Å². The smallest absolute Gasteiger partial charge is 0.387 e. The molecule has 0 N–H and O–H groups in total. The van der Waals surface area contributed by atoms with Crippen LogP contribution in [0.4, 0.5) is 8.78 Å². The zero-order valence-electron chi connectivity index (χ0n) is 9.25. The second-order valence-electron chi connectivity index (χ2n) is 3.23. The van der Waals surface area contributed by atoms with E-state index >= 15 is 0 Å². The van der Waals surface area contributed by atoms with Crippen LogP contribution in [0.25, 0.3) is 0 Å². The van der Waals surface area contributed by atoms with Gasteiger partial charge in [0.15, 0.2) is 0 Å². The Hall–Kier alpha value is -0.620. The predicted molar refractivity (Wildman–Crippen MR) is 67.2 cm³/mol. The van der Waals surface area contributed by atoms with Gasteiger partial charge in [0, 0.05) is 0 Å². The number of hydrogen-bond donors (Lipinski definition) is 0. The Morgan fingerprint density at radius 1 is 1.47 bits per heavy atom. The van der Waals surface area contributed by atoms with E-state index in [1.807, 2.05) is 0 Å². The Kier molecular flexibility index (Phi) is 5.39. The van der Waals surface area contributed by atoms with Crippen LogP contribution in [0.15, 0.2) is 23.1 Å². The normalized spacial score (nSPS) is 12.6. The molecule has 1 atom stereocenters. The van der Waals surface area contributed by atoms with Gasteiger partial charge in [-0.05, 0) is 24.8 Å². The number of alkyl halides is 3. The summed E-state index contributed by atoms with van der Waals surface area (Å²) in [4.78, 5) is 11.3. The number of ketones is 1. The molecule has 6 heteroatoms. The van der Waals surface area contributed by atoms with Crippen LogP contribution in [0, 0.1) is 0 Å². The summed E-state index contributed by atoms with van der Waals surface area (Å²) < 4.78 is 28.9. The number of rotatable bonds is 5. The topological polar surface area (TPSA) is 26.3 Å². The number of Topliss-reactive ketones (excluding diaryl/α,β-unsaturated/α-hetero) is 1. The van der Waals surface area contributed by atoms with E-state index in [4.69, 9.17) is 0 Å². The van der Waals surface area contributed by atoms with Crippen LogP contribution < -0.4 is 4.74 Å². The summed E-state index contributed by atoms with van der Waals surface area (Å²) >= 11 is 4.51. The van der Waals surface area contributed by atoms with Crippen LogP contribution in [-0.4, -0.2) is 18.7 Å². The molecule has 0 aromatic heterocycles. The van der Waals surface area contributed by atoms with Crippen molar-refractivity contribution in [3.63, 3.8) is 0 Å². The molecule has 0 heterocycles. The van der Waals surface area contributed by atoms with E-state index in [0.717, 1.165) is 0 Å². The van der Waals surface area contributed by atoms with Gasteiger partial charge in [0.2, 0.25) is 0 Å². The van der Waals surface area contributed by atoms with Gasteiger partial charge in [0.05, 0.1) is 9.72 Å². The molecule has 94 valence electrons. The molecular weight excluding hydrogens is 314 g/mol. The zero-order chi connectivity index (χ0) is 13.0. The van der Waals surface area contributed by atoms with Gasteiger partial charge in [0.25, 0.3) is 0 Å². The van der Waals surface area contributed by atoms with Crippen molar-refractivity contribution in [2.24, 2.45) is 0 Å². The molecule has 0 saturated heterocycles. The van der Waals surface area contributed by atoms with Crippen molar-refractivity contribution in [3.05, 3.63) is 23.8 Å². The van der Waals surface area contributed by atoms with E-state index in [1.165, 1.54) is 24.8 Å². The number of thioether (sulfide) groups is 1. The minimum Gasteiger partial charge on any atom is -0.434 e. The van der Waals surface area contributed by atoms with Crippen LogP contribution in [0.5, 0.6) is 5.75 Å². The van der Waals surface area contributed by atoms with Crippen molar-refractivity contribution in [3.8, 4) is 5.75 Å². The van der Waals surface area contributed by atoms with Gasteiger partial charge in [0.1, 0.15) is 11.5 Å². The molecule has 1 rings (SSSR count). The van der Waals surface area contributed by atoms with E-state index in [-0.39, 0.29) is 11.5 Å². The number of halogens is 3. The molecule has 0 aliphatic rings. The third kappa shape index (κ3) is 3.67. The summed E-state index contributed by atoms with van der Waals surface area (Å²) in [5.74, 6) is 0.00481. The molecule has 0 spiro atoms. The highest BCUT2D eigenvalue weighted by Crippen LogP contribution is 2.38. The molecule has 2 nitrogen and oxygen atoms in total. The standard InChI is InChI=1S/C11H11BrF2O2S/c1-6(15)9(12)7-4-3-5-8(10(7)17-2)16-11(13)14/h3-5,9,11H,1-2H3. The number of benzene rings is 1. The van der Waals surface area contributed by atoms with Gasteiger partial charge in [-0.1, -0.05) is 28.1 Å². The summed E-state index contributed by atoms with van der Waals surface area (Å²) in [7, 11) is 0. The fourth-order valence-electron chi connectivity index (χ4n) is 1.36. The zero-order valence-corrected chi connectivity index (χ0v) is 11.6. The van der Waals surface area contributed by atoms with Gasteiger partial charge in [-0.2, -0.15) is 8.78 Å². The largest absolute Gasteiger partial charge is 0.434 e. The molecule has 0 saturated carbocycles. The Bertz CT molecular complexity index is 412. The molecule has 1 aromatic carbocycles. The van der Waals surface area contributed by atoms with Gasteiger partial charge in [-0.15, -0.1) is 11.8 Å². The van der Waals surface area contributed by atoms with Crippen molar-refractivity contribution in [2.45, 2.75) is 23.3 Å². The minimum absolute atomic E-state index is 0.0884. The van der Waals surface area contributed by atoms with Crippen molar-refractivity contribution in [1.82, 2.24) is 0 Å². The van der Waals surface area contributed by atoms with Crippen molar-refractivity contribution in [2.75, 3.05) is 6.26 Å². The summed E-state index contributed by atoms with van der Waals surface area (Å²) in [6, 6.07) is 4.76. The molecule has 0 aliphatic heterocycles. The van der Waals surface area contributed by atoms with Crippen LogP contribution in [-0.2, 0) is 4.79 Å². The van der Waals surface area contributed by atoms with Gasteiger partial charge in [-0.25, -0.2) is 0 Å². The summed E-state index contributed by atoms with van der Waals surface area (Å²) in [6.45, 7) is -1.44. The van der Waals surface area contributed by atoms with E-state index in [9.17, 15) is 13.6 Å². The fourth-order valence-corrected chi connectivity index (χ4v) is 2.63. The Morgan fingerprint density at radius 3 is 2.59 bits per heavy atom. The lowest BCUT2D eigenvalue weighted by atomic mass is 10.1. The van der Waals surface area contributed by atoms with Crippen LogP contribution in [0.3, 0.4) is 0 Å². The summed E-state index contributed by atoms with van der Waals surface area (Å²) in [6.07, 6.45) is 1.75. The first-order valence-electron chi connectivity index (χ1n) is 4.73. The van der Waals surface area contributed by atoms with E-state index in [0.29, 0.717) is 10.5 Å². The first kappa shape index (κ1) is 14.4. The molecule has 0 fully saturated rings. The molecule has 1 unspecified atom stereocenters. The van der Waals surface area contributed by atoms with Crippen LogP contribution in [0.2, 0.25) is 0 Å². The van der Waals surface area contributed by atoms with Crippen LogP contribution >= 0.6 is 27.7 Å². The van der Waals surface area contributed by atoms with Gasteiger partial charge >= 0.3 is 6.61 Å². The maximum Gasteiger partial charge on any atom is 0.387 e. The first-order chi connectivity index (χ1) is 7.97. The molecule has 1 aromatic rings. The maximum atomic E-state index is 12.2. The third-order valence-corrected chi connectivity index (χ3v) is 4.04. The molecule has 0 aliphatic carbocycles. The number of carbonyl (C=O) groups excluding carboxylic acids is 1. The average molecular weight is 325 g/mol. The highest BCUT2D eigenvalue weighted by atomic mass is 79.9. The highest BCUT2D eigenvalue weighted by molar-refractivity contribution is 9.09. The molecule has 0 amide bonds.